The molecule has 0 aliphatic carbocycles. The Labute approximate surface area is 309 Å². The summed E-state index contributed by atoms with van der Waals surface area (Å²) in [6.45, 7) is 27.9. The average molecular weight is 733 g/mol. The Bertz CT molecular complexity index is 1420. The zero-order chi connectivity index (χ0) is 39.0. The van der Waals surface area contributed by atoms with E-state index in [0.717, 1.165) is 26.2 Å². The summed E-state index contributed by atoms with van der Waals surface area (Å²) in [7, 11) is 0. The maximum atomic E-state index is 13.9. The molecule has 3 aliphatic rings. The topological polar surface area (TPSA) is 115 Å². The van der Waals surface area contributed by atoms with Crippen LogP contribution in [0.3, 0.4) is 0 Å². The van der Waals surface area contributed by atoms with Crippen molar-refractivity contribution >= 4 is 23.6 Å². The SMILES string of the molecule is C[C@@H]1CN(c2ccncc2F)C[C@@H](C)N1.C[C@@H]1CN(c2ccncc2F)C[C@@H](C)N1C(=O)OC(C)(C)C.C[C@@H]1CNC[C@@H](C)N1C(=O)OC(C)(C)C. The predicted molar refractivity (Wildman–Crippen MR) is 202 cm³/mol. The molecule has 0 radical (unpaired) electrons. The minimum Gasteiger partial charge on any atom is -0.444 e. The van der Waals surface area contributed by atoms with Crippen LogP contribution in [0.4, 0.5) is 29.7 Å². The van der Waals surface area contributed by atoms with Gasteiger partial charge in [-0.2, -0.15) is 0 Å². The number of anilines is 2. The number of piperazine rings is 3. The van der Waals surface area contributed by atoms with Crippen molar-refractivity contribution in [2.24, 2.45) is 0 Å². The molecule has 0 saturated carbocycles. The van der Waals surface area contributed by atoms with Crippen LogP contribution in [0.1, 0.15) is 83.1 Å². The lowest BCUT2D eigenvalue weighted by molar-refractivity contribution is 0.00259. The van der Waals surface area contributed by atoms with Crippen LogP contribution < -0.4 is 20.4 Å². The van der Waals surface area contributed by atoms with Gasteiger partial charge >= 0.3 is 12.2 Å². The molecular weight excluding hydrogens is 670 g/mol. The van der Waals surface area contributed by atoms with Gasteiger partial charge in [-0.05, 0) is 95.2 Å². The fourth-order valence-electron chi connectivity index (χ4n) is 6.77. The number of hydrogen-bond acceptors (Lipinski definition) is 10. The highest BCUT2D eigenvalue weighted by atomic mass is 19.1. The molecule has 3 saturated heterocycles. The molecule has 3 aliphatic heterocycles. The van der Waals surface area contributed by atoms with Crippen molar-refractivity contribution in [2.75, 3.05) is 49.1 Å². The highest BCUT2D eigenvalue weighted by Crippen LogP contribution is 2.26. The number of pyridine rings is 2. The van der Waals surface area contributed by atoms with E-state index in [1.807, 2.05) is 79.0 Å². The van der Waals surface area contributed by atoms with Crippen molar-refractivity contribution in [3.05, 3.63) is 48.6 Å². The first-order valence-electron chi connectivity index (χ1n) is 18.3. The van der Waals surface area contributed by atoms with Crippen molar-refractivity contribution in [1.82, 2.24) is 30.4 Å². The van der Waals surface area contributed by atoms with Crippen molar-refractivity contribution in [2.45, 2.75) is 131 Å². The minimum absolute atomic E-state index is 0.0637. The smallest absolute Gasteiger partial charge is 0.410 e. The van der Waals surface area contributed by atoms with Gasteiger partial charge in [0.15, 0.2) is 11.6 Å². The Morgan fingerprint density at radius 2 is 1.02 bits per heavy atom. The van der Waals surface area contributed by atoms with Gasteiger partial charge in [0.05, 0.1) is 35.9 Å². The van der Waals surface area contributed by atoms with E-state index >= 15 is 0 Å². The Morgan fingerprint density at radius 1 is 0.654 bits per heavy atom. The molecule has 0 bridgehead atoms. The van der Waals surface area contributed by atoms with Crippen molar-refractivity contribution in [3.63, 3.8) is 0 Å². The van der Waals surface area contributed by atoms with Crippen LogP contribution in [0.25, 0.3) is 0 Å². The van der Waals surface area contributed by atoms with Crippen LogP contribution in [-0.4, -0.2) is 119 Å². The van der Waals surface area contributed by atoms with Gasteiger partial charge in [0.2, 0.25) is 0 Å². The fourth-order valence-corrected chi connectivity index (χ4v) is 6.77. The maximum Gasteiger partial charge on any atom is 0.410 e. The summed E-state index contributed by atoms with van der Waals surface area (Å²) in [5, 5.41) is 6.70. The van der Waals surface area contributed by atoms with E-state index < -0.39 is 11.2 Å². The summed E-state index contributed by atoms with van der Waals surface area (Å²) < 4.78 is 38.2. The van der Waals surface area contributed by atoms with Crippen molar-refractivity contribution in [3.8, 4) is 0 Å². The number of rotatable bonds is 2. The lowest BCUT2D eigenvalue weighted by Gasteiger charge is -2.45. The molecule has 6 atom stereocenters. The molecule has 0 aromatic carbocycles. The third kappa shape index (κ3) is 12.7. The number of hydrogen-bond donors (Lipinski definition) is 2. The van der Waals surface area contributed by atoms with Gasteiger partial charge in [0.1, 0.15) is 11.2 Å². The standard InChI is InChI=1S/C16H24FN3O2.C11H16FN3.C11H22N2O2/c1-11-9-19(14-6-7-18-8-13(14)17)10-12(2)20(11)15(21)22-16(3,4)5;1-8-6-15(7-9(2)14-8)11-3-4-13-5-10(11)12;1-8-6-12-7-9(2)13(8)10(14)15-11(3,4)5/h6-8,11-12H,9-10H2,1-5H3;3-5,8-9,14H,6-7H2,1-2H3;8-9,12H,6-7H2,1-5H3/t11-,12-;2*8-,9-/m111/s1. The number of amides is 2. The first kappa shape index (κ1) is 42.6. The van der Waals surface area contributed by atoms with Crippen molar-refractivity contribution < 1.29 is 27.8 Å². The molecule has 14 heteroatoms. The van der Waals surface area contributed by atoms with E-state index in [4.69, 9.17) is 9.47 Å². The average Bonchev–Trinajstić information content (AvgIpc) is 2.99. The van der Waals surface area contributed by atoms with E-state index in [0.29, 0.717) is 36.5 Å². The number of carbonyl (C=O) groups excluding carboxylic acids is 2. The summed E-state index contributed by atoms with van der Waals surface area (Å²) in [5.74, 6) is -0.577. The second-order valence-electron chi connectivity index (χ2n) is 16.3. The quantitative estimate of drug-likeness (QED) is 0.378. The van der Waals surface area contributed by atoms with E-state index in [1.54, 1.807) is 29.4 Å². The normalized spacial score (nSPS) is 25.3. The Balaban J connectivity index is 0.000000217. The zero-order valence-electron chi connectivity index (χ0n) is 33.2. The number of aromatic nitrogens is 2. The second-order valence-corrected chi connectivity index (χ2v) is 16.3. The molecule has 5 rings (SSSR count). The molecule has 2 amide bonds. The summed E-state index contributed by atoms with van der Waals surface area (Å²) in [4.78, 5) is 39.4. The Kier molecular flexibility index (Phi) is 15.0. The van der Waals surface area contributed by atoms with Crippen LogP contribution >= 0.6 is 0 Å². The van der Waals surface area contributed by atoms with Crippen LogP contribution in [0.5, 0.6) is 0 Å². The van der Waals surface area contributed by atoms with E-state index in [2.05, 4.69) is 39.3 Å². The lowest BCUT2D eigenvalue weighted by Crippen LogP contribution is -2.59. The van der Waals surface area contributed by atoms with Crippen LogP contribution in [0.15, 0.2) is 36.9 Å². The molecule has 12 nitrogen and oxygen atoms in total. The van der Waals surface area contributed by atoms with Gasteiger partial charge in [0.25, 0.3) is 0 Å². The van der Waals surface area contributed by atoms with Gasteiger partial charge in [-0.15, -0.1) is 0 Å². The molecular formula is C38H62F2N8O4. The van der Waals surface area contributed by atoms with Gasteiger partial charge in [-0.25, -0.2) is 18.4 Å². The minimum atomic E-state index is -0.523. The predicted octanol–water partition coefficient (Wildman–Crippen LogP) is 6.07. The first-order chi connectivity index (χ1) is 24.2. The molecule has 52 heavy (non-hydrogen) atoms. The van der Waals surface area contributed by atoms with Crippen LogP contribution in [0.2, 0.25) is 0 Å². The maximum absolute atomic E-state index is 13.9. The fraction of sp³-hybridized carbons (Fsp3) is 0.684. The Morgan fingerprint density at radius 3 is 1.38 bits per heavy atom. The molecule has 292 valence electrons. The third-order valence-corrected chi connectivity index (χ3v) is 8.70. The molecule has 3 fully saturated rings. The molecule has 0 unspecified atom stereocenters. The van der Waals surface area contributed by atoms with Gasteiger partial charge in [-0.1, -0.05) is 0 Å². The van der Waals surface area contributed by atoms with Crippen LogP contribution in [0, 0.1) is 11.6 Å². The summed E-state index contributed by atoms with van der Waals surface area (Å²) in [5.41, 5.74) is 0.245. The largest absolute Gasteiger partial charge is 0.444 e. The lowest BCUT2D eigenvalue weighted by atomic mass is 10.1. The number of halogens is 2. The highest BCUT2D eigenvalue weighted by molar-refractivity contribution is 5.70. The van der Waals surface area contributed by atoms with E-state index in [1.165, 1.54) is 12.4 Å². The molecule has 2 aromatic rings. The summed E-state index contributed by atoms with van der Waals surface area (Å²) in [6, 6.07) is 4.45. The monoisotopic (exact) mass is 732 g/mol. The molecule has 2 aromatic heterocycles. The van der Waals surface area contributed by atoms with Gasteiger partial charge in [-0.3, -0.25) is 14.9 Å². The third-order valence-electron chi connectivity index (χ3n) is 8.70. The number of nitrogens with one attached hydrogen (secondary N) is 2. The number of nitrogens with zero attached hydrogens (tertiary/aromatic N) is 6. The van der Waals surface area contributed by atoms with E-state index in [9.17, 15) is 18.4 Å². The van der Waals surface area contributed by atoms with E-state index in [-0.39, 0.29) is 48.0 Å². The second kappa shape index (κ2) is 18.3. The molecule has 0 spiro atoms. The molecule has 5 heterocycles. The van der Waals surface area contributed by atoms with Gasteiger partial charge in [0, 0.05) is 75.8 Å². The van der Waals surface area contributed by atoms with Crippen molar-refractivity contribution in [1.29, 1.82) is 0 Å². The number of ether oxygens (including phenoxy) is 2. The first-order valence-corrected chi connectivity index (χ1v) is 18.3. The van der Waals surface area contributed by atoms with Gasteiger partial charge < -0.3 is 34.8 Å². The molecule has 2 N–H and O–H groups in total. The summed E-state index contributed by atoms with van der Waals surface area (Å²) in [6.07, 6.45) is 5.17. The summed E-state index contributed by atoms with van der Waals surface area (Å²) >= 11 is 0. The highest BCUT2D eigenvalue weighted by Gasteiger charge is 2.36. The van der Waals surface area contributed by atoms with Crippen LogP contribution in [-0.2, 0) is 9.47 Å². The zero-order valence-corrected chi connectivity index (χ0v) is 33.2. The Hall–Kier alpha value is -3.78. The number of carbonyl (C=O) groups is 2.